The normalized spacial score (nSPS) is 11.2. The van der Waals surface area contributed by atoms with Gasteiger partial charge in [0.25, 0.3) is 0 Å². The number of hydrogen-bond donors (Lipinski definition) is 0. The fraction of sp³-hybridized carbons (Fsp3) is 0.260. The molecule has 0 N–H and O–H groups in total. The summed E-state index contributed by atoms with van der Waals surface area (Å²) in [5.41, 5.74) is 1.71. The van der Waals surface area contributed by atoms with E-state index in [9.17, 15) is 4.79 Å². The van der Waals surface area contributed by atoms with E-state index in [2.05, 4.69) is 12.1 Å². The number of carbonyl (C=O) groups excluding carboxylic acids is 1. The molecular weight excluding hydrogens is 886 g/mol. The molecular formula is C50H54O14P2. The average Bonchev–Trinajstić information content (AvgIpc) is 3.36. The summed E-state index contributed by atoms with van der Waals surface area (Å²) < 4.78 is 77.4. The summed E-state index contributed by atoms with van der Waals surface area (Å²) in [6.45, 7) is 0. The second-order valence-corrected chi connectivity index (χ2v) is 18.3. The topological polar surface area (TPSA) is 137 Å². The van der Waals surface area contributed by atoms with E-state index in [-0.39, 0.29) is 5.56 Å². The summed E-state index contributed by atoms with van der Waals surface area (Å²) in [6.07, 6.45) is 0.718. The third-order valence-corrected chi connectivity index (χ3v) is 15.6. The van der Waals surface area contributed by atoms with Crippen LogP contribution >= 0.6 is 15.8 Å². The number of methoxy groups -OCH3 is 13. The van der Waals surface area contributed by atoms with Crippen LogP contribution in [-0.4, -0.2) is 98.7 Å². The molecule has 0 saturated carbocycles. The molecule has 6 aromatic carbocycles. The van der Waals surface area contributed by atoms with Gasteiger partial charge in [0.05, 0.1) is 98.0 Å². The van der Waals surface area contributed by atoms with Gasteiger partial charge in [0, 0.05) is 11.1 Å². The Balaban J connectivity index is 1.84. The molecule has 0 radical (unpaired) electrons. The Labute approximate surface area is 387 Å². The Hall–Kier alpha value is -6.75. The van der Waals surface area contributed by atoms with Crippen molar-refractivity contribution in [2.24, 2.45) is 0 Å². The minimum absolute atomic E-state index is 0.266. The van der Waals surface area contributed by atoms with Crippen LogP contribution < -0.4 is 93.4 Å². The fourth-order valence-electron chi connectivity index (χ4n) is 7.87. The third-order valence-electron chi connectivity index (χ3n) is 10.8. The maximum atomic E-state index is 12.5. The largest absolute Gasteiger partial charge is 0.496 e. The molecule has 0 aliphatic carbocycles. The highest BCUT2D eigenvalue weighted by Gasteiger charge is 2.33. The summed E-state index contributed by atoms with van der Waals surface area (Å²) >= 11 is 0. The van der Waals surface area contributed by atoms with Gasteiger partial charge >= 0.3 is 0 Å². The molecule has 0 aromatic heterocycles. The van der Waals surface area contributed by atoms with Gasteiger partial charge in [0.1, 0.15) is 23.0 Å². The van der Waals surface area contributed by atoms with Crippen molar-refractivity contribution in [2.75, 3.05) is 92.4 Å². The van der Waals surface area contributed by atoms with Gasteiger partial charge in [0.15, 0.2) is 40.8 Å². The zero-order valence-corrected chi connectivity index (χ0v) is 41.1. The van der Waals surface area contributed by atoms with Crippen molar-refractivity contribution in [3.63, 3.8) is 0 Å². The molecule has 0 bridgehead atoms. The molecule has 0 fully saturated rings. The average molecular weight is 941 g/mol. The minimum Gasteiger partial charge on any atom is -0.496 e. The first-order valence-electron chi connectivity index (χ1n) is 20.2. The number of ether oxygens (including phenoxy) is 13. The van der Waals surface area contributed by atoms with Crippen LogP contribution in [0.2, 0.25) is 0 Å². The highest BCUT2D eigenvalue weighted by molar-refractivity contribution is 7.81. The number of rotatable bonds is 21. The number of hydrogen-bond acceptors (Lipinski definition) is 14. The van der Waals surface area contributed by atoms with Crippen LogP contribution in [0.5, 0.6) is 74.7 Å². The number of benzene rings is 6. The molecule has 0 aliphatic rings. The van der Waals surface area contributed by atoms with E-state index in [0.717, 1.165) is 49.2 Å². The van der Waals surface area contributed by atoms with Crippen molar-refractivity contribution in [3.05, 3.63) is 90.5 Å². The SMILES string of the molecule is COc1cc(P(c2cc(OC)c(OC)c(OC)c2)c2cccc(OC)c2-c2c(OC)cccc2P(c2cc(OC)c(OC)c(OC)c2)c2cc(OC)c(OC)c(OC)c2)cc(OC)c1C=O. The molecule has 0 heterocycles. The van der Waals surface area contributed by atoms with Crippen molar-refractivity contribution in [1.82, 2.24) is 0 Å². The molecule has 16 heteroatoms. The quantitative estimate of drug-likeness (QED) is 0.0553. The van der Waals surface area contributed by atoms with E-state index in [4.69, 9.17) is 61.6 Å². The van der Waals surface area contributed by atoms with Crippen molar-refractivity contribution < 1.29 is 66.4 Å². The number of carbonyl (C=O) groups is 1. The van der Waals surface area contributed by atoms with Crippen LogP contribution in [-0.2, 0) is 0 Å². The van der Waals surface area contributed by atoms with Crippen LogP contribution in [0, 0.1) is 0 Å². The molecule has 348 valence electrons. The van der Waals surface area contributed by atoms with Gasteiger partial charge in [-0.25, -0.2) is 0 Å². The lowest BCUT2D eigenvalue weighted by Crippen LogP contribution is -2.27. The molecule has 0 aliphatic heterocycles. The molecule has 1 atom stereocenters. The summed E-state index contributed by atoms with van der Waals surface area (Å²) in [5.74, 6) is 5.77. The molecule has 66 heavy (non-hydrogen) atoms. The maximum Gasteiger partial charge on any atom is 0.203 e. The predicted molar refractivity (Wildman–Crippen MR) is 260 cm³/mol. The maximum absolute atomic E-state index is 12.5. The van der Waals surface area contributed by atoms with E-state index in [1.165, 1.54) is 14.2 Å². The fourth-order valence-corrected chi connectivity index (χ4v) is 12.9. The van der Waals surface area contributed by atoms with E-state index in [1.54, 1.807) is 78.2 Å². The van der Waals surface area contributed by atoms with Gasteiger partial charge in [0.2, 0.25) is 17.2 Å². The lowest BCUT2D eigenvalue weighted by molar-refractivity contribution is 0.111. The van der Waals surface area contributed by atoms with Crippen LogP contribution in [0.1, 0.15) is 10.4 Å². The Morgan fingerprint density at radius 2 is 0.561 bits per heavy atom. The molecule has 0 saturated heterocycles. The lowest BCUT2D eigenvalue weighted by Gasteiger charge is -2.30. The van der Waals surface area contributed by atoms with E-state index < -0.39 is 15.8 Å². The van der Waals surface area contributed by atoms with Crippen molar-refractivity contribution >= 4 is 54.0 Å². The van der Waals surface area contributed by atoms with Gasteiger partial charge < -0.3 is 61.6 Å². The van der Waals surface area contributed by atoms with E-state index in [0.29, 0.717) is 74.7 Å². The first-order chi connectivity index (χ1) is 32.1. The van der Waals surface area contributed by atoms with Crippen LogP contribution in [0.3, 0.4) is 0 Å². The zero-order chi connectivity index (χ0) is 47.7. The Bertz CT molecular complexity index is 2520. The Morgan fingerprint density at radius 1 is 0.318 bits per heavy atom. The predicted octanol–water partition coefficient (Wildman–Crippen LogP) is 6.79. The number of aldehydes is 1. The minimum atomic E-state index is -1.67. The van der Waals surface area contributed by atoms with Gasteiger partial charge in [-0.05, 0) is 108 Å². The zero-order valence-electron chi connectivity index (χ0n) is 39.3. The van der Waals surface area contributed by atoms with Crippen LogP contribution in [0.15, 0.2) is 84.9 Å². The highest BCUT2D eigenvalue weighted by atomic mass is 31.1. The van der Waals surface area contributed by atoms with Crippen molar-refractivity contribution in [3.8, 4) is 85.9 Å². The van der Waals surface area contributed by atoms with Crippen molar-refractivity contribution in [1.29, 1.82) is 0 Å². The van der Waals surface area contributed by atoms with Crippen LogP contribution in [0.25, 0.3) is 11.1 Å². The van der Waals surface area contributed by atoms with E-state index >= 15 is 0 Å². The Morgan fingerprint density at radius 3 is 0.773 bits per heavy atom. The van der Waals surface area contributed by atoms with Crippen LogP contribution in [0.4, 0.5) is 0 Å². The molecule has 14 nitrogen and oxygen atoms in total. The van der Waals surface area contributed by atoms with Gasteiger partial charge in [-0.15, -0.1) is 0 Å². The lowest BCUT2D eigenvalue weighted by atomic mass is 10.0. The first-order valence-corrected chi connectivity index (χ1v) is 22.9. The van der Waals surface area contributed by atoms with Crippen molar-refractivity contribution in [2.45, 2.75) is 0 Å². The standard InChI is InChI=1S/C50H54O14P2/c1-52-34-16-14-18-44(65(29-20-36(54-3)33(28-51)37(21-29)55-4)30-22-38(56-5)48(62-11)39(23-30)57-6)46(34)47-35(53-2)17-15-19-45(47)66(31-24-40(58-7)49(63-12)41(25-31)59-8)32-26-42(60-9)50(64-13)43(27-32)61-10/h14-28H,1-13H3. The van der Waals surface area contributed by atoms with Gasteiger partial charge in [-0.2, -0.15) is 0 Å². The highest BCUT2D eigenvalue weighted by Crippen LogP contribution is 2.52. The van der Waals surface area contributed by atoms with E-state index in [1.807, 2.05) is 72.8 Å². The summed E-state index contributed by atoms with van der Waals surface area (Å²) in [6, 6.07) is 27.2. The second kappa shape index (κ2) is 22.0. The molecule has 0 amide bonds. The molecule has 0 spiro atoms. The first kappa shape index (κ1) is 48.7. The molecule has 6 rings (SSSR count). The van der Waals surface area contributed by atoms with Gasteiger partial charge in [-0.3, -0.25) is 4.79 Å². The smallest absolute Gasteiger partial charge is 0.203 e. The molecule has 1 unspecified atom stereocenters. The Kier molecular flexibility index (Phi) is 16.2. The monoisotopic (exact) mass is 940 g/mol. The summed E-state index contributed by atoms with van der Waals surface area (Å²) in [5, 5.41) is 4.89. The second-order valence-electron chi connectivity index (χ2n) is 13.9. The summed E-state index contributed by atoms with van der Waals surface area (Å²) in [4.78, 5) is 12.5. The molecule has 6 aromatic rings. The summed E-state index contributed by atoms with van der Waals surface area (Å²) in [7, 11) is 17.1. The third kappa shape index (κ3) is 9.08. The van der Waals surface area contributed by atoms with Gasteiger partial charge in [-0.1, -0.05) is 24.3 Å².